The summed E-state index contributed by atoms with van der Waals surface area (Å²) in [7, 11) is 1.57. The molecule has 0 N–H and O–H groups in total. The van der Waals surface area contributed by atoms with Gasteiger partial charge in [0.15, 0.2) is 5.70 Å². The van der Waals surface area contributed by atoms with Gasteiger partial charge >= 0.3 is 5.97 Å². The summed E-state index contributed by atoms with van der Waals surface area (Å²) in [5.41, 5.74) is 1.49. The fourth-order valence-electron chi connectivity index (χ4n) is 2.12. The van der Waals surface area contributed by atoms with Gasteiger partial charge in [-0.1, -0.05) is 39.7 Å². The summed E-state index contributed by atoms with van der Waals surface area (Å²) in [5.74, 6) is 0.303. The number of rotatable bonds is 3. The normalized spacial score (nSPS) is 15.5. The monoisotopic (exact) mass is 391 g/mol. The Hall–Kier alpha value is -2.11. The number of aliphatic imine (C=N–C) groups is 1. The molecule has 1 aliphatic heterocycles. The molecule has 2 aromatic rings. The predicted octanol–water partition coefficient (Wildman–Crippen LogP) is 4.46. The summed E-state index contributed by atoms with van der Waals surface area (Å²) in [6.07, 6.45) is 1.62. The number of benzene rings is 2. The van der Waals surface area contributed by atoms with Gasteiger partial charge in [0.1, 0.15) is 5.75 Å². The van der Waals surface area contributed by atoms with Crippen LogP contribution in [0.2, 0.25) is 5.02 Å². The maximum atomic E-state index is 12.1. The number of cyclic esters (lactones) is 1. The number of carbonyl (C=O) groups is 1. The first-order chi connectivity index (χ1) is 11.1. The zero-order valence-electron chi connectivity index (χ0n) is 12.0. The summed E-state index contributed by atoms with van der Waals surface area (Å²) in [6.45, 7) is 0. The van der Waals surface area contributed by atoms with E-state index < -0.39 is 5.97 Å². The first-order valence-corrected chi connectivity index (χ1v) is 7.86. The van der Waals surface area contributed by atoms with Gasteiger partial charge in [0.25, 0.3) is 0 Å². The Kier molecular flexibility index (Phi) is 4.50. The van der Waals surface area contributed by atoms with Crippen molar-refractivity contribution in [3.8, 4) is 5.75 Å². The Morgan fingerprint density at radius 1 is 1.26 bits per heavy atom. The van der Waals surface area contributed by atoms with Gasteiger partial charge in [-0.3, -0.25) is 0 Å². The fraction of sp³-hybridized carbons (Fsp3) is 0.0588. The lowest BCUT2D eigenvalue weighted by Gasteiger charge is -2.04. The molecule has 0 bridgehead atoms. The Labute approximate surface area is 146 Å². The summed E-state index contributed by atoms with van der Waals surface area (Å²) in [5, 5.41) is 0.473. The van der Waals surface area contributed by atoms with Crippen LogP contribution in [0.3, 0.4) is 0 Å². The molecule has 2 aromatic carbocycles. The van der Waals surface area contributed by atoms with Crippen LogP contribution in [-0.2, 0) is 9.53 Å². The highest BCUT2D eigenvalue weighted by molar-refractivity contribution is 9.10. The second kappa shape index (κ2) is 6.56. The lowest BCUT2D eigenvalue weighted by molar-refractivity contribution is -0.129. The third-order valence-electron chi connectivity index (χ3n) is 3.21. The fourth-order valence-corrected chi connectivity index (χ4v) is 2.72. The highest BCUT2D eigenvalue weighted by Gasteiger charge is 2.25. The molecule has 1 heterocycles. The lowest BCUT2D eigenvalue weighted by Crippen LogP contribution is -2.05. The largest absolute Gasteiger partial charge is 0.496 e. The smallest absolute Gasteiger partial charge is 0.363 e. The van der Waals surface area contributed by atoms with Crippen LogP contribution in [0.4, 0.5) is 0 Å². The number of carbonyl (C=O) groups excluding carboxylic acids is 1. The van der Waals surface area contributed by atoms with Crippen molar-refractivity contribution < 1.29 is 14.3 Å². The molecule has 0 radical (unpaired) electrons. The van der Waals surface area contributed by atoms with Crippen LogP contribution in [0.15, 0.2) is 57.6 Å². The summed E-state index contributed by atoms with van der Waals surface area (Å²) in [6, 6.07) is 12.6. The van der Waals surface area contributed by atoms with Crippen LogP contribution in [0, 0.1) is 0 Å². The van der Waals surface area contributed by atoms with Crippen molar-refractivity contribution in [2.45, 2.75) is 0 Å². The number of nitrogens with zero attached hydrogens (tertiary/aromatic N) is 1. The average Bonchev–Trinajstić information content (AvgIpc) is 2.89. The molecule has 0 saturated heterocycles. The Bertz CT molecular complexity index is 845. The molecule has 0 amide bonds. The number of halogens is 2. The molecule has 0 fully saturated rings. The lowest BCUT2D eigenvalue weighted by atomic mass is 10.1. The van der Waals surface area contributed by atoms with E-state index in [0.717, 1.165) is 10.0 Å². The van der Waals surface area contributed by atoms with Crippen LogP contribution >= 0.6 is 27.5 Å². The Morgan fingerprint density at radius 2 is 2.04 bits per heavy atom. The van der Waals surface area contributed by atoms with Crippen molar-refractivity contribution in [3.05, 3.63) is 68.8 Å². The topological polar surface area (TPSA) is 47.9 Å². The van der Waals surface area contributed by atoms with E-state index in [2.05, 4.69) is 20.9 Å². The molecule has 23 heavy (non-hydrogen) atoms. The number of esters is 1. The molecule has 0 aliphatic carbocycles. The summed E-state index contributed by atoms with van der Waals surface area (Å²) >= 11 is 9.50. The van der Waals surface area contributed by atoms with Crippen molar-refractivity contribution in [2.75, 3.05) is 7.11 Å². The molecule has 1 aliphatic rings. The maximum absolute atomic E-state index is 12.1. The van der Waals surface area contributed by atoms with Crippen molar-refractivity contribution >= 4 is 45.5 Å². The number of hydrogen-bond acceptors (Lipinski definition) is 4. The van der Waals surface area contributed by atoms with Gasteiger partial charge in [0.2, 0.25) is 5.90 Å². The van der Waals surface area contributed by atoms with E-state index in [1.54, 1.807) is 43.5 Å². The van der Waals surface area contributed by atoms with E-state index in [1.165, 1.54) is 0 Å². The molecule has 0 atom stereocenters. The zero-order chi connectivity index (χ0) is 16.4. The molecule has 4 nitrogen and oxygen atoms in total. The third kappa shape index (κ3) is 3.30. The second-order valence-electron chi connectivity index (χ2n) is 4.70. The minimum atomic E-state index is -0.526. The molecule has 0 saturated carbocycles. The van der Waals surface area contributed by atoms with Crippen molar-refractivity contribution in [2.24, 2.45) is 4.99 Å². The average molecular weight is 393 g/mol. The van der Waals surface area contributed by atoms with Gasteiger partial charge in [-0.15, -0.1) is 0 Å². The van der Waals surface area contributed by atoms with Crippen LogP contribution in [-0.4, -0.2) is 19.0 Å². The summed E-state index contributed by atoms with van der Waals surface area (Å²) in [4.78, 5) is 16.3. The molecular weight excluding hydrogens is 382 g/mol. The molecule has 0 unspecified atom stereocenters. The van der Waals surface area contributed by atoms with Gasteiger partial charge in [-0.25, -0.2) is 9.79 Å². The van der Waals surface area contributed by atoms with Gasteiger partial charge in [-0.05, 0) is 36.4 Å². The first kappa shape index (κ1) is 15.8. The molecule has 116 valence electrons. The first-order valence-electron chi connectivity index (χ1n) is 6.69. The van der Waals surface area contributed by atoms with E-state index in [-0.39, 0.29) is 11.6 Å². The van der Waals surface area contributed by atoms with E-state index in [4.69, 9.17) is 21.1 Å². The maximum Gasteiger partial charge on any atom is 0.363 e. The van der Waals surface area contributed by atoms with Gasteiger partial charge in [0.05, 0.1) is 17.7 Å². The van der Waals surface area contributed by atoms with Crippen molar-refractivity contribution in [1.29, 1.82) is 0 Å². The van der Waals surface area contributed by atoms with Gasteiger partial charge in [0, 0.05) is 10.0 Å². The zero-order valence-corrected chi connectivity index (χ0v) is 14.4. The molecule has 0 spiro atoms. The summed E-state index contributed by atoms with van der Waals surface area (Å²) < 4.78 is 11.4. The highest BCUT2D eigenvalue weighted by Crippen LogP contribution is 2.28. The van der Waals surface area contributed by atoms with E-state index in [1.807, 2.05) is 12.1 Å². The molecule has 3 rings (SSSR count). The van der Waals surface area contributed by atoms with Crippen LogP contribution in [0.25, 0.3) is 6.08 Å². The second-order valence-corrected chi connectivity index (χ2v) is 6.03. The molecular formula is C17H11BrClNO3. The van der Waals surface area contributed by atoms with Crippen LogP contribution in [0.1, 0.15) is 11.1 Å². The molecule has 0 aromatic heterocycles. The quantitative estimate of drug-likeness (QED) is 0.572. The van der Waals surface area contributed by atoms with E-state index in [0.29, 0.717) is 16.3 Å². The number of hydrogen-bond donors (Lipinski definition) is 0. The van der Waals surface area contributed by atoms with Crippen molar-refractivity contribution in [3.63, 3.8) is 0 Å². The van der Waals surface area contributed by atoms with Gasteiger partial charge < -0.3 is 9.47 Å². The van der Waals surface area contributed by atoms with E-state index in [9.17, 15) is 4.79 Å². The van der Waals surface area contributed by atoms with Crippen molar-refractivity contribution in [1.82, 2.24) is 0 Å². The Balaban J connectivity index is 2.02. The Morgan fingerprint density at radius 3 is 2.78 bits per heavy atom. The number of ether oxygens (including phenoxy) is 2. The SMILES string of the molecule is COc1ccc(Br)cc1/C=C1/N=C(c2ccccc2Cl)OC1=O. The minimum absolute atomic E-state index is 0.191. The highest BCUT2D eigenvalue weighted by atomic mass is 79.9. The van der Waals surface area contributed by atoms with Gasteiger partial charge in [-0.2, -0.15) is 0 Å². The third-order valence-corrected chi connectivity index (χ3v) is 4.03. The molecule has 6 heteroatoms. The van der Waals surface area contributed by atoms with Crippen LogP contribution in [0.5, 0.6) is 5.75 Å². The number of methoxy groups -OCH3 is 1. The predicted molar refractivity (Wildman–Crippen MR) is 92.8 cm³/mol. The van der Waals surface area contributed by atoms with Crippen LogP contribution < -0.4 is 4.74 Å². The minimum Gasteiger partial charge on any atom is -0.496 e. The standard InChI is InChI=1S/C17H11BrClNO3/c1-22-15-7-6-11(18)8-10(15)9-14-17(21)23-16(20-14)12-4-2-3-5-13(12)19/h2-9H,1H3/b14-9+. The van der Waals surface area contributed by atoms with E-state index >= 15 is 0 Å².